The maximum absolute atomic E-state index is 13.9. The minimum Gasteiger partial charge on any atom is -0.461 e. The summed E-state index contributed by atoms with van der Waals surface area (Å²) >= 11 is 0. The normalized spacial score (nSPS) is 18.9. The van der Waals surface area contributed by atoms with Gasteiger partial charge in [-0.3, -0.25) is 4.79 Å². The Hall–Kier alpha value is -4.74. The number of ether oxygens (including phenoxy) is 2. The number of halogens is 2. The molecule has 0 saturated heterocycles. The third-order valence-electron chi connectivity index (χ3n) is 7.14. The molecule has 10 nitrogen and oxygen atoms in total. The summed E-state index contributed by atoms with van der Waals surface area (Å²) in [5.74, 6) is -3.21. The monoisotopic (exact) mass is 577 g/mol. The molecule has 0 radical (unpaired) electrons. The van der Waals surface area contributed by atoms with Crippen LogP contribution in [0.15, 0.2) is 59.2 Å². The van der Waals surface area contributed by atoms with E-state index in [2.05, 4.69) is 10.3 Å². The second-order valence-corrected chi connectivity index (χ2v) is 9.83. The largest absolute Gasteiger partial charge is 0.461 e. The van der Waals surface area contributed by atoms with Crippen LogP contribution >= 0.6 is 0 Å². The molecule has 218 valence electrons. The van der Waals surface area contributed by atoms with Gasteiger partial charge in [0.1, 0.15) is 18.2 Å². The van der Waals surface area contributed by atoms with Crippen molar-refractivity contribution in [1.29, 1.82) is 0 Å². The van der Waals surface area contributed by atoms with E-state index in [4.69, 9.17) is 14.6 Å². The summed E-state index contributed by atoms with van der Waals surface area (Å²) in [4.78, 5) is 39.1. The first-order valence-electron chi connectivity index (χ1n) is 13.7. The van der Waals surface area contributed by atoms with Gasteiger partial charge in [-0.2, -0.15) is 5.10 Å². The van der Waals surface area contributed by atoms with Crippen LogP contribution in [0, 0.1) is 17.6 Å². The van der Waals surface area contributed by atoms with Crippen LogP contribution in [-0.2, 0) is 20.8 Å². The van der Waals surface area contributed by atoms with E-state index in [0.717, 1.165) is 28.7 Å². The van der Waals surface area contributed by atoms with E-state index in [0.29, 0.717) is 17.7 Å². The average Bonchev–Trinajstić information content (AvgIpc) is 3.58. The Morgan fingerprint density at radius 3 is 2.26 bits per heavy atom. The molecule has 2 aliphatic rings. The topological polar surface area (TPSA) is 116 Å². The summed E-state index contributed by atoms with van der Waals surface area (Å²) in [5.41, 5.74) is 2.45. The molecular weight excluding hydrogens is 548 g/mol. The molecule has 2 unspecified atom stereocenters. The van der Waals surface area contributed by atoms with Crippen LogP contribution in [-0.4, -0.2) is 56.8 Å². The molecule has 5 rings (SSSR count). The molecule has 1 fully saturated rings. The molecule has 1 saturated carbocycles. The van der Waals surface area contributed by atoms with Crippen molar-refractivity contribution in [3.8, 4) is 0 Å². The van der Waals surface area contributed by atoms with Crippen LogP contribution < -0.4 is 0 Å². The van der Waals surface area contributed by atoms with Gasteiger partial charge >= 0.3 is 11.9 Å². The molecule has 42 heavy (non-hydrogen) atoms. The molecule has 12 heteroatoms. The highest BCUT2D eigenvalue weighted by molar-refractivity contribution is 6.08. The van der Waals surface area contributed by atoms with Crippen molar-refractivity contribution in [3.05, 3.63) is 88.3 Å². The van der Waals surface area contributed by atoms with Crippen molar-refractivity contribution in [2.75, 3.05) is 13.2 Å². The number of carbonyl (C=O) groups excluding carboxylic acids is 3. The Balaban J connectivity index is 1.52. The average molecular weight is 578 g/mol. The summed E-state index contributed by atoms with van der Waals surface area (Å²) in [6.07, 6.45) is 4.21. The molecular formula is C30H29F2N5O5. The van der Waals surface area contributed by atoms with Gasteiger partial charge in [0.15, 0.2) is 5.69 Å². The fourth-order valence-corrected chi connectivity index (χ4v) is 5.32. The molecule has 1 aliphatic heterocycles. The number of fused-ring (bicyclic) bond motifs is 1. The van der Waals surface area contributed by atoms with Gasteiger partial charge in [-0.25, -0.2) is 28.1 Å². The summed E-state index contributed by atoms with van der Waals surface area (Å²) in [6.45, 7) is 2.81. The minimum atomic E-state index is -0.876. The lowest BCUT2D eigenvalue weighted by molar-refractivity contribution is -0.134. The number of rotatable bonds is 8. The van der Waals surface area contributed by atoms with Gasteiger partial charge in [-0.1, -0.05) is 29.5 Å². The molecule has 3 aromatic rings. The number of amides is 1. The van der Waals surface area contributed by atoms with Crippen molar-refractivity contribution >= 4 is 29.6 Å². The Bertz CT molecular complexity index is 1550. The number of hydrazone groups is 1. The van der Waals surface area contributed by atoms with Gasteiger partial charge in [0, 0.05) is 5.92 Å². The maximum atomic E-state index is 13.9. The van der Waals surface area contributed by atoms with Crippen molar-refractivity contribution in [2.45, 2.75) is 45.7 Å². The van der Waals surface area contributed by atoms with Gasteiger partial charge in [0.05, 0.1) is 25.0 Å². The summed E-state index contributed by atoms with van der Waals surface area (Å²) < 4.78 is 38.4. The van der Waals surface area contributed by atoms with E-state index in [1.165, 1.54) is 29.3 Å². The predicted octanol–water partition coefficient (Wildman–Crippen LogP) is 4.73. The van der Waals surface area contributed by atoms with Crippen molar-refractivity contribution < 1.29 is 32.6 Å². The molecule has 1 aromatic heterocycles. The zero-order valence-electron chi connectivity index (χ0n) is 23.1. The maximum Gasteiger partial charge on any atom is 0.361 e. The fourth-order valence-electron chi connectivity index (χ4n) is 5.32. The first-order chi connectivity index (χ1) is 20.3. The third kappa shape index (κ3) is 5.83. The standard InChI is InChI=1S/C30H29F2N5O5/c1-3-41-29(39)26-28(30(40)42-4-2)36(35-33-26)17-24(38)37-27(19-10-14-22(32)15-11-19)23-7-5-6-20(25(23)34-37)16-18-8-12-21(31)13-9-18/h8-16,23,27H,3-7,17H2,1-2H3/b20-16+. The second-order valence-electron chi connectivity index (χ2n) is 9.83. The lowest BCUT2D eigenvalue weighted by atomic mass is 9.77. The number of nitrogens with zero attached hydrogens (tertiary/aromatic N) is 5. The van der Waals surface area contributed by atoms with E-state index in [1.54, 1.807) is 38.1 Å². The first kappa shape index (κ1) is 28.8. The molecule has 1 amide bonds. The predicted molar refractivity (Wildman–Crippen MR) is 147 cm³/mol. The van der Waals surface area contributed by atoms with E-state index >= 15 is 0 Å². The number of esters is 2. The molecule has 0 bridgehead atoms. The zero-order chi connectivity index (χ0) is 29.8. The van der Waals surface area contributed by atoms with Crippen molar-refractivity contribution in [3.63, 3.8) is 0 Å². The van der Waals surface area contributed by atoms with E-state index in [9.17, 15) is 23.2 Å². The summed E-state index contributed by atoms with van der Waals surface area (Å²) in [7, 11) is 0. The minimum absolute atomic E-state index is 0.0253. The Morgan fingerprint density at radius 2 is 1.60 bits per heavy atom. The molecule has 2 aromatic carbocycles. The number of hydrogen-bond donors (Lipinski definition) is 0. The Labute approximate surface area is 240 Å². The van der Waals surface area contributed by atoms with Crippen LogP contribution in [0.5, 0.6) is 0 Å². The van der Waals surface area contributed by atoms with Crippen molar-refractivity contribution in [1.82, 2.24) is 20.0 Å². The van der Waals surface area contributed by atoms with Gasteiger partial charge in [-0.05, 0) is 80.2 Å². The van der Waals surface area contributed by atoms with E-state index < -0.39 is 36.2 Å². The molecule has 1 aliphatic carbocycles. The first-order valence-corrected chi connectivity index (χ1v) is 13.7. The molecule has 2 atom stereocenters. The number of benzene rings is 2. The SMILES string of the molecule is CCOC(=O)c1nnn(CC(=O)N2N=C3/C(=C/c4ccc(F)cc4)CCCC3C2c2ccc(F)cc2)c1C(=O)OCC. The zero-order valence-corrected chi connectivity index (χ0v) is 23.1. The lowest BCUT2D eigenvalue weighted by Crippen LogP contribution is -2.34. The number of hydrogen-bond acceptors (Lipinski definition) is 8. The highest BCUT2D eigenvalue weighted by Crippen LogP contribution is 2.44. The lowest BCUT2D eigenvalue weighted by Gasteiger charge is -2.29. The summed E-state index contributed by atoms with van der Waals surface area (Å²) in [5, 5.41) is 13.8. The van der Waals surface area contributed by atoms with Gasteiger partial charge in [0.25, 0.3) is 5.91 Å². The molecule has 0 spiro atoms. The van der Waals surface area contributed by atoms with Crippen LogP contribution in [0.3, 0.4) is 0 Å². The highest BCUT2D eigenvalue weighted by Gasteiger charge is 2.44. The third-order valence-corrected chi connectivity index (χ3v) is 7.14. The van der Waals surface area contributed by atoms with Crippen LogP contribution in [0.1, 0.15) is 71.3 Å². The van der Waals surface area contributed by atoms with E-state index in [-0.39, 0.29) is 36.3 Å². The number of carbonyl (C=O) groups is 3. The van der Waals surface area contributed by atoms with Gasteiger partial charge in [0.2, 0.25) is 5.69 Å². The molecule has 0 N–H and O–H groups in total. The Morgan fingerprint density at radius 1 is 0.952 bits per heavy atom. The quantitative estimate of drug-likeness (QED) is 0.356. The smallest absolute Gasteiger partial charge is 0.361 e. The second kappa shape index (κ2) is 12.4. The van der Waals surface area contributed by atoms with Gasteiger partial charge < -0.3 is 9.47 Å². The van der Waals surface area contributed by atoms with Crippen molar-refractivity contribution in [2.24, 2.45) is 11.0 Å². The van der Waals surface area contributed by atoms with E-state index in [1.807, 2.05) is 6.08 Å². The fraction of sp³-hybridized carbons (Fsp3) is 0.333. The molecule has 2 heterocycles. The summed E-state index contributed by atoms with van der Waals surface area (Å²) in [6, 6.07) is 11.4. The van der Waals surface area contributed by atoms with Crippen LogP contribution in [0.25, 0.3) is 6.08 Å². The highest BCUT2D eigenvalue weighted by atomic mass is 19.1. The van der Waals surface area contributed by atoms with Crippen LogP contribution in [0.2, 0.25) is 0 Å². The number of aromatic nitrogens is 3. The Kier molecular flexibility index (Phi) is 8.51. The number of allylic oxidation sites excluding steroid dienone is 1. The van der Waals surface area contributed by atoms with Gasteiger partial charge in [-0.15, -0.1) is 5.10 Å². The van der Waals surface area contributed by atoms with Crippen LogP contribution in [0.4, 0.5) is 8.78 Å².